The molecule has 0 aliphatic heterocycles. The highest BCUT2D eigenvalue weighted by Gasteiger charge is 2.28. The third-order valence-corrected chi connectivity index (χ3v) is 2.01. The van der Waals surface area contributed by atoms with Gasteiger partial charge in [0.05, 0.1) is 12.0 Å². The van der Waals surface area contributed by atoms with E-state index in [-0.39, 0.29) is 5.97 Å². The van der Waals surface area contributed by atoms with Gasteiger partial charge in [0, 0.05) is 5.88 Å². The lowest BCUT2D eigenvalue weighted by atomic mass is 9.90. The van der Waals surface area contributed by atoms with Crippen LogP contribution >= 0.6 is 11.6 Å². The molecular weight excluding hydrogens is 188 g/mol. The molecule has 0 unspecified atom stereocenters. The lowest BCUT2D eigenvalue weighted by Gasteiger charge is -2.21. The Morgan fingerprint density at radius 2 is 2.00 bits per heavy atom. The molecule has 0 aliphatic carbocycles. The predicted octanol–water partition coefficient (Wildman–Crippen LogP) is 2.84. The molecule has 0 aromatic carbocycles. The van der Waals surface area contributed by atoms with Crippen LogP contribution in [0.3, 0.4) is 0 Å². The first-order valence-electron chi connectivity index (χ1n) is 4.63. The van der Waals surface area contributed by atoms with E-state index in [1.807, 2.05) is 27.7 Å². The molecule has 0 heterocycles. The van der Waals surface area contributed by atoms with Crippen molar-refractivity contribution in [1.29, 1.82) is 0 Å². The molecule has 0 fully saturated rings. The van der Waals surface area contributed by atoms with Crippen LogP contribution in [-0.2, 0) is 9.53 Å². The monoisotopic (exact) mass is 206 g/mol. The summed E-state index contributed by atoms with van der Waals surface area (Å²) >= 11 is 5.59. The molecule has 0 amide bonds. The van der Waals surface area contributed by atoms with Gasteiger partial charge < -0.3 is 4.74 Å². The van der Waals surface area contributed by atoms with Gasteiger partial charge in [0.15, 0.2) is 0 Å². The van der Waals surface area contributed by atoms with E-state index in [1.54, 1.807) is 0 Å². The molecule has 2 nitrogen and oxygen atoms in total. The summed E-state index contributed by atoms with van der Waals surface area (Å²) < 4.78 is 5.12. The first-order valence-corrected chi connectivity index (χ1v) is 5.17. The molecule has 0 saturated carbocycles. The van der Waals surface area contributed by atoms with Crippen LogP contribution in [0.15, 0.2) is 0 Å². The summed E-state index contributed by atoms with van der Waals surface area (Å²) in [7, 11) is 0. The van der Waals surface area contributed by atoms with Crippen molar-refractivity contribution >= 4 is 17.6 Å². The van der Waals surface area contributed by atoms with E-state index in [4.69, 9.17) is 16.3 Å². The summed E-state index contributed by atoms with van der Waals surface area (Å²) in [5.41, 5.74) is -0.448. The van der Waals surface area contributed by atoms with Crippen molar-refractivity contribution in [2.24, 2.45) is 11.3 Å². The Hall–Kier alpha value is -0.240. The quantitative estimate of drug-likeness (QED) is 0.511. The zero-order valence-electron chi connectivity index (χ0n) is 8.89. The van der Waals surface area contributed by atoms with Crippen LogP contribution in [0.25, 0.3) is 0 Å². The molecule has 13 heavy (non-hydrogen) atoms. The maximum absolute atomic E-state index is 11.5. The van der Waals surface area contributed by atoms with Gasteiger partial charge in [-0.15, -0.1) is 11.6 Å². The Bertz CT molecular complexity index is 164. The van der Waals surface area contributed by atoms with Crippen molar-refractivity contribution in [3.05, 3.63) is 0 Å². The Kier molecular flexibility index (Phi) is 5.38. The highest BCUT2D eigenvalue weighted by Crippen LogP contribution is 2.22. The highest BCUT2D eigenvalue weighted by atomic mass is 35.5. The Balaban J connectivity index is 3.94. The lowest BCUT2D eigenvalue weighted by Crippen LogP contribution is -2.28. The van der Waals surface area contributed by atoms with E-state index in [1.165, 1.54) is 0 Å². The third-order valence-electron chi connectivity index (χ3n) is 1.82. The number of esters is 1. The van der Waals surface area contributed by atoms with E-state index in [0.717, 1.165) is 0 Å². The molecule has 0 N–H and O–H groups in total. The zero-order valence-corrected chi connectivity index (χ0v) is 9.65. The fourth-order valence-electron chi connectivity index (χ4n) is 0.776. The molecule has 0 atom stereocenters. The van der Waals surface area contributed by atoms with Crippen LogP contribution in [0.1, 0.15) is 34.1 Å². The van der Waals surface area contributed by atoms with Gasteiger partial charge in [-0.05, 0) is 26.2 Å². The van der Waals surface area contributed by atoms with Crippen LogP contribution in [0, 0.1) is 11.3 Å². The average molecular weight is 207 g/mol. The normalized spacial score (nSPS) is 11.8. The fraction of sp³-hybridized carbons (Fsp3) is 0.900. The molecule has 0 saturated heterocycles. The number of hydrogen-bond acceptors (Lipinski definition) is 2. The first kappa shape index (κ1) is 12.8. The highest BCUT2D eigenvalue weighted by molar-refractivity contribution is 6.18. The SMILES string of the molecule is CC(C)COC(=O)C(C)(C)CCCl. The molecule has 78 valence electrons. The largest absolute Gasteiger partial charge is 0.465 e. The van der Waals surface area contributed by atoms with Gasteiger partial charge in [-0.1, -0.05) is 13.8 Å². The van der Waals surface area contributed by atoms with Crippen LogP contribution in [0.4, 0.5) is 0 Å². The lowest BCUT2D eigenvalue weighted by molar-refractivity contribution is -0.155. The number of ether oxygens (including phenoxy) is 1. The Labute approximate surface area is 85.6 Å². The molecular formula is C10H19ClO2. The summed E-state index contributed by atoms with van der Waals surface area (Å²) in [5, 5.41) is 0. The standard InChI is InChI=1S/C10H19ClO2/c1-8(2)7-13-9(12)10(3,4)5-6-11/h8H,5-7H2,1-4H3. The Morgan fingerprint density at radius 1 is 1.46 bits per heavy atom. The summed E-state index contributed by atoms with van der Waals surface area (Å²) in [6.07, 6.45) is 0.658. The molecule has 0 spiro atoms. The smallest absolute Gasteiger partial charge is 0.311 e. The molecule has 0 aliphatic rings. The maximum Gasteiger partial charge on any atom is 0.311 e. The van der Waals surface area contributed by atoms with Crippen molar-refractivity contribution in [2.75, 3.05) is 12.5 Å². The van der Waals surface area contributed by atoms with Crippen molar-refractivity contribution in [1.82, 2.24) is 0 Å². The van der Waals surface area contributed by atoms with Gasteiger partial charge in [-0.25, -0.2) is 0 Å². The average Bonchev–Trinajstić information content (AvgIpc) is 1.99. The molecule has 0 rings (SSSR count). The van der Waals surface area contributed by atoms with Crippen LogP contribution in [0.5, 0.6) is 0 Å². The minimum Gasteiger partial charge on any atom is -0.465 e. The fourth-order valence-corrected chi connectivity index (χ4v) is 1.25. The van der Waals surface area contributed by atoms with Gasteiger partial charge in [0.25, 0.3) is 0 Å². The molecule has 0 aromatic rings. The van der Waals surface area contributed by atoms with Gasteiger partial charge in [-0.2, -0.15) is 0 Å². The van der Waals surface area contributed by atoms with Crippen molar-refractivity contribution < 1.29 is 9.53 Å². The predicted molar refractivity (Wildman–Crippen MR) is 54.9 cm³/mol. The van der Waals surface area contributed by atoms with Gasteiger partial charge in [0.2, 0.25) is 0 Å². The number of rotatable bonds is 5. The van der Waals surface area contributed by atoms with Crippen LogP contribution in [0.2, 0.25) is 0 Å². The van der Waals surface area contributed by atoms with Crippen molar-refractivity contribution in [2.45, 2.75) is 34.1 Å². The number of carbonyl (C=O) groups excluding carboxylic acids is 1. The second-order valence-corrected chi connectivity index (χ2v) is 4.69. The van der Waals surface area contributed by atoms with Gasteiger partial charge >= 0.3 is 5.97 Å². The van der Waals surface area contributed by atoms with E-state index in [2.05, 4.69) is 0 Å². The summed E-state index contributed by atoms with van der Waals surface area (Å²) in [6.45, 7) is 8.24. The summed E-state index contributed by atoms with van der Waals surface area (Å²) in [4.78, 5) is 11.5. The zero-order chi connectivity index (χ0) is 10.5. The summed E-state index contributed by atoms with van der Waals surface area (Å²) in [6, 6.07) is 0. The first-order chi connectivity index (χ1) is 5.90. The maximum atomic E-state index is 11.5. The number of alkyl halides is 1. The number of hydrogen-bond donors (Lipinski definition) is 0. The van der Waals surface area contributed by atoms with E-state index in [9.17, 15) is 4.79 Å². The molecule has 0 bridgehead atoms. The Morgan fingerprint density at radius 3 is 2.38 bits per heavy atom. The van der Waals surface area contributed by atoms with E-state index < -0.39 is 5.41 Å². The van der Waals surface area contributed by atoms with Crippen LogP contribution in [-0.4, -0.2) is 18.5 Å². The second-order valence-electron chi connectivity index (χ2n) is 4.32. The van der Waals surface area contributed by atoms with E-state index >= 15 is 0 Å². The number of halogens is 1. The minimum absolute atomic E-state index is 0.151. The number of carbonyl (C=O) groups is 1. The second kappa shape index (κ2) is 5.48. The third kappa shape index (κ3) is 5.14. The van der Waals surface area contributed by atoms with E-state index in [0.29, 0.717) is 24.8 Å². The minimum atomic E-state index is -0.448. The molecule has 3 heteroatoms. The molecule has 0 aromatic heterocycles. The van der Waals surface area contributed by atoms with Crippen LogP contribution < -0.4 is 0 Å². The summed E-state index contributed by atoms with van der Waals surface area (Å²) in [5.74, 6) is 0.724. The van der Waals surface area contributed by atoms with Crippen molar-refractivity contribution in [3.63, 3.8) is 0 Å². The molecule has 0 radical (unpaired) electrons. The van der Waals surface area contributed by atoms with Gasteiger partial charge in [-0.3, -0.25) is 4.79 Å². The van der Waals surface area contributed by atoms with Crippen molar-refractivity contribution in [3.8, 4) is 0 Å². The van der Waals surface area contributed by atoms with Gasteiger partial charge in [0.1, 0.15) is 0 Å². The topological polar surface area (TPSA) is 26.3 Å².